The summed E-state index contributed by atoms with van der Waals surface area (Å²) < 4.78 is 14.1. The van der Waals surface area contributed by atoms with Crippen molar-refractivity contribution in [2.75, 3.05) is 16.0 Å². The third kappa shape index (κ3) is 4.63. The van der Waals surface area contributed by atoms with Gasteiger partial charge in [0.1, 0.15) is 10.8 Å². The molecule has 4 aromatic rings. The van der Waals surface area contributed by atoms with Gasteiger partial charge < -0.3 is 16.0 Å². The Morgan fingerprint density at radius 2 is 1.82 bits per heavy atom. The van der Waals surface area contributed by atoms with Gasteiger partial charge in [-0.1, -0.05) is 35.9 Å². The average molecular weight is 460 g/mol. The SMILES string of the molecule is O=C(Nc1ccc2cc1CCc1cccc(c1)Nc1ncc(Cl)c(n1)N2)c1ccccc1F. The molecule has 1 aromatic heterocycles. The second kappa shape index (κ2) is 8.88. The Hall–Kier alpha value is -3.97. The van der Waals surface area contributed by atoms with Crippen LogP contribution < -0.4 is 16.0 Å². The number of rotatable bonds is 2. The number of hydrogen-bond donors (Lipinski definition) is 3. The van der Waals surface area contributed by atoms with Gasteiger partial charge in [0, 0.05) is 17.1 Å². The third-order valence-electron chi connectivity index (χ3n) is 5.34. The van der Waals surface area contributed by atoms with Gasteiger partial charge in [0.25, 0.3) is 5.91 Å². The highest BCUT2D eigenvalue weighted by Gasteiger charge is 2.15. The molecule has 33 heavy (non-hydrogen) atoms. The number of hydrogen-bond acceptors (Lipinski definition) is 5. The molecular weight excluding hydrogens is 441 g/mol. The molecule has 0 unspecified atom stereocenters. The quantitative estimate of drug-likeness (QED) is 0.337. The minimum Gasteiger partial charge on any atom is -0.339 e. The fourth-order valence-electron chi connectivity index (χ4n) is 3.70. The first-order valence-electron chi connectivity index (χ1n) is 10.4. The van der Waals surface area contributed by atoms with Crippen molar-refractivity contribution in [1.29, 1.82) is 0 Å². The number of aromatic nitrogens is 2. The van der Waals surface area contributed by atoms with Crippen molar-refractivity contribution in [1.82, 2.24) is 9.97 Å². The molecule has 164 valence electrons. The number of fused-ring (bicyclic) bond motifs is 6. The Bertz CT molecular complexity index is 1360. The predicted molar refractivity (Wildman–Crippen MR) is 128 cm³/mol. The van der Waals surface area contributed by atoms with Crippen LogP contribution in [0.1, 0.15) is 21.5 Å². The third-order valence-corrected chi connectivity index (χ3v) is 5.62. The molecule has 1 amide bonds. The minimum absolute atomic E-state index is 0.00406. The van der Waals surface area contributed by atoms with Gasteiger partial charge in [-0.2, -0.15) is 4.98 Å². The minimum atomic E-state index is -0.563. The highest BCUT2D eigenvalue weighted by atomic mass is 35.5. The number of halogens is 2. The molecule has 0 saturated carbocycles. The van der Waals surface area contributed by atoms with Crippen molar-refractivity contribution >= 4 is 46.3 Å². The summed E-state index contributed by atoms with van der Waals surface area (Å²) in [5.41, 5.74) is 4.24. The summed E-state index contributed by atoms with van der Waals surface area (Å²) in [5, 5.41) is 9.66. The van der Waals surface area contributed by atoms with E-state index in [4.69, 9.17) is 11.6 Å². The van der Waals surface area contributed by atoms with Crippen LogP contribution in [-0.2, 0) is 12.8 Å². The van der Waals surface area contributed by atoms with E-state index in [9.17, 15) is 9.18 Å². The van der Waals surface area contributed by atoms with Crippen LogP contribution in [-0.4, -0.2) is 15.9 Å². The monoisotopic (exact) mass is 459 g/mol. The number of nitrogens with one attached hydrogen (secondary N) is 3. The molecule has 0 aliphatic carbocycles. The lowest BCUT2D eigenvalue weighted by molar-refractivity contribution is 0.102. The molecule has 1 aliphatic rings. The molecule has 0 fully saturated rings. The van der Waals surface area contributed by atoms with Crippen molar-refractivity contribution < 1.29 is 9.18 Å². The van der Waals surface area contributed by atoms with Gasteiger partial charge in [-0.05, 0) is 66.4 Å². The Balaban J connectivity index is 1.53. The molecule has 1 aliphatic heterocycles. The summed E-state index contributed by atoms with van der Waals surface area (Å²) in [6.45, 7) is 0. The van der Waals surface area contributed by atoms with Gasteiger partial charge >= 0.3 is 0 Å². The van der Waals surface area contributed by atoms with Crippen molar-refractivity contribution in [2.24, 2.45) is 0 Å². The first-order valence-corrected chi connectivity index (χ1v) is 10.8. The number of benzene rings is 3. The topological polar surface area (TPSA) is 78.9 Å². The standard InChI is InChI=1S/C25H19ClFN5O/c26-20-14-28-25-30-17-5-3-4-15(12-17)8-9-16-13-18(29-23(20)32-25)10-11-22(16)31-24(33)19-6-1-2-7-21(19)27/h1-7,10-14H,8-9H2,(H,31,33)(H2,28,29,30,32). The second-order valence-corrected chi connectivity index (χ2v) is 8.05. The van der Waals surface area contributed by atoms with E-state index in [0.717, 1.165) is 28.9 Å². The lowest BCUT2D eigenvalue weighted by atomic mass is 10.0. The van der Waals surface area contributed by atoms with Gasteiger partial charge in [0.2, 0.25) is 5.95 Å². The smallest absolute Gasteiger partial charge is 0.258 e. The molecular formula is C25H19ClFN5O. The number of carbonyl (C=O) groups excluding carboxylic acids is 1. The van der Waals surface area contributed by atoms with Crippen LogP contribution >= 0.6 is 11.6 Å². The highest BCUT2D eigenvalue weighted by Crippen LogP contribution is 2.29. The van der Waals surface area contributed by atoms with E-state index in [-0.39, 0.29) is 5.56 Å². The number of carbonyl (C=O) groups is 1. The maximum absolute atomic E-state index is 14.1. The summed E-state index contributed by atoms with van der Waals surface area (Å²) in [6.07, 6.45) is 2.93. The fourth-order valence-corrected chi connectivity index (χ4v) is 3.84. The summed E-state index contributed by atoms with van der Waals surface area (Å²) >= 11 is 6.31. The van der Waals surface area contributed by atoms with Crippen LogP contribution in [0.25, 0.3) is 0 Å². The molecule has 3 aromatic carbocycles. The zero-order chi connectivity index (χ0) is 22.8. The van der Waals surface area contributed by atoms with E-state index < -0.39 is 11.7 Å². The van der Waals surface area contributed by atoms with Crippen molar-refractivity contribution in [3.05, 3.63) is 100 Å². The van der Waals surface area contributed by atoms with Crippen LogP contribution in [0, 0.1) is 5.82 Å². The Labute approximate surface area is 194 Å². The van der Waals surface area contributed by atoms with Crippen molar-refractivity contribution in [2.45, 2.75) is 12.8 Å². The Kier molecular flexibility index (Phi) is 5.62. The summed E-state index contributed by atoms with van der Waals surface area (Å²) in [6, 6.07) is 19.4. The van der Waals surface area contributed by atoms with Crippen molar-refractivity contribution in [3.63, 3.8) is 0 Å². The molecule has 0 atom stereocenters. The molecule has 2 heterocycles. The maximum Gasteiger partial charge on any atom is 0.258 e. The van der Waals surface area contributed by atoms with Gasteiger partial charge in [0.15, 0.2) is 5.82 Å². The van der Waals surface area contributed by atoms with E-state index in [2.05, 4.69) is 25.9 Å². The predicted octanol–water partition coefficient (Wildman–Crippen LogP) is 6.11. The van der Waals surface area contributed by atoms with Gasteiger partial charge in [-0.15, -0.1) is 0 Å². The van der Waals surface area contributed by atoms with E-state index in [1.807, 2.05) is 36.4 Å². The Morgan fingerprint density at radius 3 is 2.70 bits per heavy atom. The highest BCUT2D eigenvalue weighted by molar-refractivity contribution is 6.32. The van der Waals surface area contributed by atoms with Crippen LogP contribution in [0.2, 0.25) is 5.02 Å². The molecule has 0 saturated heterocycles. The molecule has 8 heteroatoms. The molecule has 3 N–H and O–H groups in total. The van der Waals surface area contributed by atoms with E-state index in [1.54, 1.807) is 18.2 Å². The first kappa shape index (κ1) is 20.9. The second-order valence-electron chi connectivity index (χ2n) is 7.65. The summed E-state index contributed by atoms with van der Waals surface area (Å²) in [4.78, 5) is 21.5. The molecule has 0 radical (unpaired) electrons. The number of anilines is 5. The first-order chi connectivity index (χ1) is 16.0. The lowest BCUT2D eigenvalue weighted by Gasteiger charge is -2.15. The molecule has 6 nitrogen and oxygen atoms in total. The van der Waals surface area contributed by atoms with Crippen LogP contribution in [0.5, 0.6) is 0 Å². The fraction of sp³-hybridized carbons (Fsp3) is 0.0800. The maximum atomic E-state index is 14.1. The van der Waals surface area contributed by atoms with E-state index in [1.165, 1.54) is 18.3 Å². The number of amides is 1. The normalized spacial score (nSPS) is 12.3. The van der Waals surface area contributed by atoms with Crippen LogP contribution in [0.15, 0.2) is 72.9 Å². The molecule has 6 bridgehead atoms. The van der Waals surface area contributed by atoms with E-state index >= 15 is 0 Å². The Morgan fingerprint density at radius 1 is 0.970 bits per heavy atom. The lowest BCUT2D eigenvalue weighted by Crippen LogP contribution is -2.15. The molecule has 0 spiro atoms. The number of aryl methyl sites for hydroxylation is 2. The van der Waals surface area contributed by atoms with E-state index in [0.29, 0.717) is 28.9 Å². The van der Waals surface area contributed by atoms with Crippen LogP contribution in [0.3, 0.4) is 0 Å². The zero-order valence-electron chi connectivity index (χ0n) is 17.4. The molecule has 5 rings (SSSR count). The summed E-state index contributed by atoms with van der Waals surface area (Å²) in [5.74, 6) is -0.180. The number of nitrogens with zero attached hydrogens (tertiary/aromatic N) is 2. The zero-order valence-corrected chi connectivity index (χ0v) is 18.2. The summed E-state index contributed by atoms with van der Waals surface area (Å²) in [7, 11) is 0. The van der Waals surface area contributed by atoms with Gasteiger partial charge in [-0.3, -0.25) is 4.79 Å². The van der Waals surface area contributed by atoms with Crippen LogP contribution in [0.4, 0.5) is 33.2 Å². The average Bonchev–Trinajstić information content (AvgIpc) is 2.81. The van der Waals surface area contributed by atoms with Gasteiger partial charge in [0.05, 0.1) is 11.8 Å². The van der Waals surface area contributed by atoms with Gasteiger partial charge in [-0.25, -0.2) is 9.37 Å². The largest absolute Gasteiger partial charge is 0.339 e. The van der Waals surface area contributed by atoms with Crippen molar-refractivity contribution in [3.8, 4) is 0 Å².